The summed E-state index contributed by atoms with van der Waals surface area (Å²) in [5.41, 5.74) is 5.06. The molecule has 0 radical (unpaired) electrons. The van der Waals surface area contributed by atoms with E-state index < -0.39 is 6.09 Å². The zero-order valence-electron chi connectivity index (χ0n) is 15.1. The predicted molar refractivity (Wildman–Crippen MR) is 109 cm³/mol. The van der Waals surface area contributed by atoms with Gasteiger partial charge in [0.15, 0.2) is 5.65 Å². The minimum atomic E-state index is -0.528. The van der Waals surface area contributed by atoms with E-state index in [1.807, 2.05) is 54.8 Å². The van der Waals surface area contributed by atoms with Crippen LogP contribution >= 0.6 is 23.2 Å². The number of ether oxygens (including phenoxy) is 1. The number of aromatic nitrogens is 2. The summed E-state index contributed by atoms with van der Waals surface area (Å²) in [6.07, 6.45) is 1.34. The molecule has 142 valence electrons. The van der Waals surface area contributed by atoms with Gasteiger partial charge in [0.1, 0.15) is 11.8 Å². The molecule has 1 aromatic carbocycles. The van der Waals surface area contributed by atoms with Gasteiger partial charge in [-0.05, 0) is 43.2 Å². The third-order valence-electron chi connectivity index (χ3n) is 4.16. The van der Waals surface area contributed by atoms with Crippen molar-refractivity contribution in [2.75, 3.05) is 23.1 Å². The molecule has 3 aromatic rings. The summed E-state index contributed by atoms with van der Waals surface area (Å²) >= 11 is 11.8. The molecule has 0 bridgehead atoms. The van der Waals surface area contributed by atoms with Crippen LogP contribution in [0.25, 0.3) is 5.65 Å². The zero-order valence-corrected chi connectivity index (χ0v) is 16.6. The van der Waals surface area contributed by atoms with Crippen LogP contribution in [-0.2, 0) is 11.3 Å². The maximum atomic E-state index is 11.9. The standard InChI is InChI=1S/C19H20Cl2N4O2/c1-12-5-3-6-15(24-19(26)27-10-8-20)14(12)11-22-16-7-4-9-25-17(21)13(2)23-18(16)25/h3-7,9,22H,8,10-11H2,1-2H3,(H,24,26). The fourth-order valence-electron chi connectivity index (χ4n) is 2.80. The summed E-state index contributed by atoms with van der Waals surface area (Å²) in [5.74, 6) is 0.256. The number of hydrogen-bond acceptors (Lipinski definition) is 4. The second kappa shape index (κ2) is 8.50. The Labute approximate surface area is 167 Å². The second-order valence-electron chi connectivity index (χ2n) is 6.01. The van der Waals surface area contributed by atoms with E-state index in [1.165, 1.54) is 0 Å². The molecule has 0 atom stereocenters. The Morgan fingerprint density at radius 1 is 1.22 bits per heavy atom. The number of benzene rings is 1. The van der Waals surface area contributed by atoms with E-state index in [9.17, 15) is 4.79 Å². The van der Waals surface area contributed by atoms with Gasteiger partial charge in [-0.1, -0.05) is 23.7 Å². The van der Waals surface area contributed by atoms with Gasteiger partial charge < -0.3 is 10.1 Å². The molecule has 0 spiro atoms. The molecule has 27 heavy (non-hydrogen) atoms. The SMILES string of the molecule is Cc1cccc(NC(=O)OCCCl)c1CNc1cccn2c(Cl)c(C)nc12. The highest BCUT2D eigenvalue weighted by molar-refractivity contribution is 6.30. The van der Waals surface area contributed by atoms with Crippen LogP contribution in [0.3, 0.4) is 0 Å². The number of hydrogen-bond donors (Lipinski definition) is 2. The van der Waals surface area contributed by atoms with Crippen molar-refractivity contribution in [3.63, 3.8) is 0 Å². The third kappa shape index (κ3) is 4.28. The van der Waals surface area contributed by atoms with Crippen LogP contribution in [-0.4, -0.2) is 28.0 Å². The first-order chi connectivity index (χ1) is 13.0. The zero-order chi connectivity index (χ0) is 19.4. The van der Waals surface area contributed by atoms with Crippen molar-refractivity contribution < 1.29 is 9.53 Å². The smallest absolute Gasteiger partial charge is 0.411 e. The van der Waals surface area contributed by atoms with Gasteiger partial charge in [-0.3, -0.25) is 9.72 Å². The Balaban J connectivity index is 1.82. The lowest BCUT2D eigenvalue weighted by molar-refractivity contribution is 0.168. The van der Waals surface area contributed by atoms with E-state index in [1.54, 1.807) is 0 Å². The number of halogens is 2. The van der Waals surface area contributed by atoms with Gasteiger partial charge in [0.2, 0.25) is 0 Å². The quantitative estimate of drug-likeness (QED) is 0.564. The molecular formula is C19H20Cl2N4O2. The summed E-state index contributed by atoms with van der Waals surface area (Å²) in [6.45, 7) is 4.52. The summed E-state index contributed by atoms with van der Waals surface area (Å²) in [7, 11) is 0. The number of amides is 1. The first-order valence-corrected chi connectivity index (χ1v) is 9.37. The van der Waals surface area contributed by atoms with Gasteiger partial charge >= 0.3 is 6.09 Å². The lowest BCUT2D eigenvalue weighted by Crippen LogP contribution is -2.17. The number of nitrogens with zero attached hydrogens (tertiary/aromatic N) is 2. The van der Waals surface area contributed by atoms with Crippen LogP contribution in [0.15, 0.2) is 36.5 Å². The van der Waals surface area contributed by atoms with Gasteiger partial charge in [-0.15, -0.1) is 11.6 Å². The van der Waals surface area contributed by atoms with Crippen LogP contribution in [0.4, 0.5) is 16.2 Å². The number of nitrogens with one attached hydrogen (secondary N) is 2. The molecule has 3 rings (SSSR count). The number of carbonyl (C=O) groups is 1. The van der Waals surface area contributed by atoms with Crippen molar-refractivity contribution in [3.8, 4) is 0 Å². The van der Waals surface area contributed by atoms with E-state index in [0.29, 0.717) is 17.4 Å². The summed E-state index contributed by atoms with van der Waals surface area (Å²) in [6, 6.07) is 9.56. The van der Waals surface area contributed by atoms with Gasteiger partial charge in [0.25, 0.3) is 0 Å². The first kappa shape index (κ1) is 19.3. The van der Waals surface area contributed by atoms with Crippen molar-refractivity contribution >= 4 is 46.3 Å². The largest absolute Gasteiger partial charge is 0.448 e. The first-order valence-electron chi connectivity index (χ1n) is 8.46. The van der Waals surface area contributed by atoms with Crippen molar-refractivity contribution in [1.29, 1.82) is 0 Å². The number of alkyl halides is 1. The average Bonchev–Trinajstić information content (AvgIpc) is 2.94. The Hall–Kier alpha value is -2.44. The van der Waals surface area contributed by atoms with Crippen LogP contribution in [0.5, 0.6) is 0 Å². The molecule has 2 heterocycles. The van der Waals surface area contributed by atoms with Gasteiger partial charge in [0, 0.05) is 18.4 Å². The monoisotopic (exact) mass is 406 g/mol. The molecule has 0 aliphatic heterocycles. The summed E-state index contributed by atoms with van der Waals surface area (Å²) in [5, 5.41) is 6.75. The predicted octanol–water partition coefficient (Wildman–Crippen LogP) is 5.00. The van der Waals surface area contributed by atoms with E-state index in [0.717, 1.165) is 28.2 Å². The minimum Gasteiger partial charge on any atom is -0.448 e. The van der Waals surface area contributed by atoms with E-state index in [4.69, 9.17) is 27.9 Å². The van der Waals surface area contributed by atoms with Crippen LogP contribution in [0.2, 0.25) is 5.15 Å². The lowest BCUT2D eigenvalue weighted by atomic mass is 10.1. The molecule has 0 saturated heterocycles. The number of fused-ring (bicyclic) bond motifs is 1. The lowest BCUT2D eigenvalue weighted by Gasteiger charge is -2.15. The summed E-state index contributed by atoms with van der Waals surface area (Å²) in [4.78, 5) is 16.4. The van der Waals surface area contributed by atoms with E-state index in [-0.39, 0.29) is 12.5 Å². The highest BCUT2D eigenvalue weighted by Crippen LogP contribution is 2.25. The number of pyridine rings is 1. The molecule has 2 N–H and O–H groups in total. The average molecular weight is 407 g/mol. The number of rotatable bonds is 6. The molecule has 0 aliphatic rings. The Kier molecular flexibility index (Phi) is 6.08. The number of imidazole rings is 1. The second-order valence-corrected chi connectivity index (χ2v) is 6.74. The van der Waals surface area contributed by atoms with Crippen molar-refractivity contribution in [2.24, 2.45) is 0 Å². The molecule has 0 aliphatic carbocycles. The van der Waals surface area contributed by atoms with E-state index in [2.05, 4.69) is 15.6 Å². The van der Waals surface area contributed by atoms with Gasteiger partial charge in [0.05, 0.1) is 17.3 Å². The molecule has 0 unspecified atom stereocenters. The maximum Gasteiger partial charge on any atom is 0.411 e. The highest BCUT2D eigenvalue weighted by Gasteiger charge is 2.13. The van der Waals surface area contributed by atoms with E-state index >= 15 is 0 Å². The maximum absolute atomic E-state index is 11.9. The molecule has 8 heteroatoms. The Morgan fingerprint density at radius 2 is 2.00 bits per heavy atom. The van der Waals surface area contributed by atoms with Crippen molar-refractivity contribution in [3.05, 3.63) is 58.5 Å². The topological polar surface area (TPSA) is 67.7 Å². The molecule has 1 amide bonds. The number of aryl methyl sites for hydroxylation is 2. The summed E-state index contributed by atoms with van der Waals surface area (Å²) < 4.78 is 6.83. The molecule has 0 saturated carbocycles. The van der Waals surface area contributed by atoms with Gasteiger partial charge in [-0.2, -0.15) is 0 Å². The fourth-order valence-corrected chi connectivity index (χ4v) is 3.06. The van der Waals surface area contributed by atoms with Crippen molar-refractivity contribution in [1.82, 2.24) is 9.38 Å². The molecule has 2 aromatic heterocycles. The molecular weight excluding hydrogens is 387 g/mol. The molecule has 0 fully saturated rings. The highest BCUT2D eigenvalue weighted by atomic mass is 35.5. The van der Waals surface area contributed by atoms with Crippen LogP contribution in [0, 0.1) is 13.8 Å². The number of carbonyl (C=O) groups excluding carboxylic acids is 1. The van der Waals surface area contributed by atoms with Gasteiger partial charge in [-0.25, -0.2) is 9.78 Å². The Morgan fingerprint density at radius 3 is 2.78 bits per heavy atom. The van der Waals surface area contributed by atoms with Crippen molar-refractivity contribution in [2.45, 2.75) is 20.4 Å². The van der Waals surface area contributed by atoms with Crippen LogP contribution in [0.1, 0.15) is 16.8 Å². The third-order valence-corrected chi connectivity index (χ3v) is 4.77. The molecule has 6 nitrogen and oxygen atoms in total. The fraction of sp³-hybridized carbons (Fsp3) is 0.263. The Bertz CT molecular complexity index is 972. The minimum absolute atomic E-state index is 0.161. The number of anilines is 2. The normalized spacial score (nSPS) is 10.8. The van der Waals surface area contributed by atoms with Crippen LogP contribution < -0.4 is 10.6 Å².